The van der Waals surface area contributed by atoms with Crippen molar-refractivity contribution in [3.63, 3.8) is 0 Å². The van der Waals surface area contributed by atoms with Crippen molar-refractivity contribution >= 4 is 10.0 Å². The Labute approximate surface area is 111 Å². The molecule has 0 amide bonds. The molecule has 6 nitrogen and oxygen atoms in total. The molecule has 0 bridgehead atoms. The second-order valence-corrected chi connectivity index (χ2v) is 6.06. The van der Waals surface area contributed by atoms with Crippen LogP contribution in [0.2, 0.25) is 0 Å². The first kappa shape index (κ1) is 13.7. The van der Waals surface area contributed by atoms with Crippen LogP contribution in [0.1, 0.15) is 11.3 Å². The van der Waals surface area contributed by atoms with E-state index in [0.717, 1.165) is 5.56 Å². The smallest absolute Gasteiger partial charge is 0.244 e. The van der Waals surface area contributed by atoms with Crippen LogP contribution in [0.25, 0.3) is 0 Å². The van der Waals surface area contributed by atoms with Gasteiger partial charge >= 0.3 is 0 Å². The standard InChI is InChI=1S/C12H15N3O3S/c1-15(8-10-4-6-18-9-10)19(16,17)12-3-2-5-14-11(12)7-13/h2-6,9H,7-8,13H2,1H3. The maximum absolute atomic E-state index is 12.4. The van der Waals surface area contributed by atoms with Gasteiger partial charge in [-0.05, 0) is 18.2 Å². The molecule has 2 rings (SSSR count). The molecule has 7 heteroatoms. The van der Waals surface area contributed by atoms with Gasteiger partial charge in [0.25, 0.3) is 0 Å². The molecule has 0 unspecified atom stereocenters. The van der Waals surface area contributed by atoms with E-state index >= 15 is 0 Å². The molecule has 2 aromatic rings. The summed E-state index contributed by atoms with van der Waals surface area (Å²) in [6.07, 6.45) is 4.54. The zero-order valence-electron chi connectivity index (χ0n) is 10.5. The van der Waals surface area contributed by atoms with Crippen molar-refractivity contribution in [1.29, 1.82) is 0 Å². The molecule has 0 fully saturated rings. The van der Waals surface area contributed by atoms with Crippen LogP contribution in [0.3, 0.4) is 0 Å². The highest BCUT2D eigenvalue weighted by atomic mass is 32.2. The predicted molar refractivity (Wildman–Crippen MR) is 69.5 cm³/mol. The van der Waals surface area contributed by atoms with Crippen LogP contribution in [0.5, 0.6) is 0 Å². The molecule has 0 saturated heterocycles. The van der Waals surface area contributed by atoms with E-state index < -0.39 is 10.0 Å². The molecule has 0 aliphatic heterocycles. The first-order valence-corrected chi connectivity index (χ1v) is 7.11. The molecule has 102 valence electrons. The SMILES string of the molecule is CN(Cc1ccoc1)S(=O)(=O)c1cccnc1CN. The second kappa shape index (κ2) is 5.52. The molecule has 2 heterocycles. The Bertz CT molecular complexity index is 638. The van der Waals surface area contributed by atoms with Gasteiger partial charge in [0, 0.05) is 31.9 Å². The lowest BCUT2D eigenvalue weighted by molar-refractivity contribution is 0.462. The minimum absolute atomic E-state index is 0.0783. The molecular formula is C12H15N3O3S. The third-order valence-corrected chi connectivity index (χ3v) is 4.59. The molecule has 0 saturated carbocycles. The third kappa shape index (κ3) is 2.83. The summed E-state index contributed by atoms with van der Waals surface area (Å²) in [4.78, 5) is 4.14. The van der Waals surface area contributed by atoms with Crippen molar-refractivity contribution in [2.75, 3.05) is 7.05 Å². The van der Waals surface area contributed by atoms with Crippen LogP contribution in [0, 0.1) is 0 Å². The van der Waals surface area contributed by atoms with Crippen molar-refractivity contribution < 1.29 is 12.8 Å². The van der Waals surface area contributed by atoms with Crippen LogP contribution in [0.15, 0.2) is 46.2 Å². The molecule has 19 heavy (non-hydrogen) atoms. The number of hydrogen-bond acceptors (Lipinski definition) is 5. The van der Waals surface area contributed by atoms with Gasteiger partial charge in [-0.25, -0.2) is 8.42 Å². The molecule has 0 aromatic carbocycles. The summed E-state index contributed by atoms with van der Waals surface area (Å²) in [6, 6.07) is 4.81. The van der Waals surface area contributed by atoms with E-state index in [2.05, 4.69) is 4.98 Å². The quantitative estimate of drug-likeness (QED) is 0.881. The Morgan fingerprint density at radius 1 is 1.42 bits per heavy atom. The summed E-state index contributed by atoms with van der Waals surface area (Å²) < 4.78 is 31.0. The van der Waals surface area contributed by atoms with E-state index in [1.165, 1.54) is 36.1 Å². The highest BCUT2D eigenvalue weighted by Crippen LogP contribution is 2.19. The molecule has 0 aliphatic carbocycles. The lowest BCUT2D eigenvalue weighted by Crippen LogP contribution is -2.27. The van der Waals surface area contributed by atoms with E-state index in [1.807, 2.05) is 0 Å². The largest absolute Gasteiger partial charge is 0.472 e. The van der Waals surface area contributed by atoms with Gasteiger partial charge < -0.3 is 10.2 Å². The number of rotatable bonds is 5. The zero-order valence-corrected chi connectivity index (χ0v) is 11.3. The second-order valence-electron chi connectivity index (χ2n) is 4.05. The summed E-state index contributed by atoms with van der Waals surface area (Å²) in [5.41, 5.74) is 6.67. The lowest BCUT2D eigenvalue weighted by atomic mass is 10.3. The van der Waals surface area contributed by atoms with Crippen LogP contribution < -0.4 is 5.73 Å². The fraction of sp³-hybridized carbons (Fsp3) is 0.250. The summed E-state index contributed by atoms with van der Waals surface area (Å²) in [7, 11) is -2.10. The van der Waals surface area contributed by atoms with E-state index in [4.69, 9.17) is 10.2 Å². The highest BCUT2D eigenvalue weighted by molar-refractivity contribution is 7.89. The number of sulfonamides is 1. The summed E-state index contributed by atoms with van der Waals surface area (Å²) >= 11 is 0. The van der Waals surface area contributed by atoms with Gasteiger partial charge in [-0.1, -0.05) is 0 Å². The number of hydrogen-bond donors (Lipinski definition) is 1. The Hall–Kier alpha value is -1.70. The first-order chi connectivity index (χ1) is 9.05. The number of pyridine rings is 1. The maximum atomic E-state index is 12.4. The topological polar surface area (TPSA) is 89.4 Å². The third-order valence-electron chi connectivity index (χ3n) is 2.72. The fourth-order valence-electron chi connectivity index (χ4n) is 1.70. The zero-order chi connectivity index (χ0) is 13.9. The minimum Gasteiger partial charge on any atom is -0.472 e. The van der Waals surface area contributed by atoms with E-state index in [1.54, 1.807) is 12.1 Å². The van der Waals surface area contributed by atoms with Gasteiger partial charge in [0.05, 0.1) is 18.2 Å². The minimum atomic E-state index is -3.61. The van der Waals surface area contributed by atoms with Gasteiger partial charge in [-0.3, -0.25) is 4.98 Å². The molecule has 2 N–H and O–H groups in total. The van der Waals surface area contributed by atoms with Crippen molar-refractivity contribution in [3.05, 3.63) is 48.2 Å². The van der Waals surface area contributed by atoms with Crippen molar-refractivity contribution in [2.24, 2.45) is 5.73 Å². The molecule has 0 radical (unpaired) electrons. The molecular weight excluding hydrogens is 266 g/mol. The molecule has 0 atom stereocenters. The summed E-state index contributed by atoms with van der Waals surface area (Å²) in [5.74, 6) is 0. The number of nitrogens with zero attached hydrogens (tertiary/aromatic N) is 2. The van der Waals surface area contributed by atoms with Crippen molar-refractivity contribution in [3.8, 4) is 0 Å². The Morgan fingerprint density at radius 2 is 2.21 bits per heavy atom. The number of nitrogens with two attached hydrogens (primary N) is 1. The Morgan fingerprint density at radius 3 is 2.84 bits per heavy atom. The average Bonchev–Trinajstić information content (AvgIpc) is 2.91. The van der Waals surface area contributed by atoms with Crippen molar-refractivity contribution in [2.45, 2.75) is 18.0 Å². The lowest BCUT2D eigenvalue weighted by Gasteiger charge is -2.17. The van der Waals surface area contributed by atoms with Crippen LogP contribution in [0.4, 0.5) is 0 Å². The number of aromatic nitrogens is 1. The maximum Gasteiger partial charge on any atom is 0.244 e. The fourth-order valence-corrected chi connectivity index (χ4v) is 3.04. The predicted octanol–water partition coefficient (Wildman–Crippen LogP) is 0.954. The van der Waals surface area contributed by atoms with Crippen molar-refractivity contribution in [1.82, 2.24) is 9.29 Å². The highest BCUT2D eigenvalue weighted by Gasteiger charge is 2.24. The number of furan rings is 1. The average molecular weight is 281 g/mol. The summed E-state index contributed by atoms with van der Waals surface area (Å²) in [6.45, 7) is 0.312. The van der Waals surface area contributed by atoms with E-state index in [0.29, 0.717) is 5.69 Å². The Kier molecular flexibility index (Phi) is 3.98. The van der Waals surface area contributed by atoms with E-state index in [-0.39, 0.29) is 18.0 Å². The van der Waals surface area contributed by atoms with Gasteiger partial charge in [0.2, 0.25) is 10.0 Å². The molecule has 0 aliphatic rings. The Balaban J connectivity index is 2.31. The van der Waals surface area contributed by atoms with Gasteiger partial charge in [0.1, 0.15) is 4.90 Å². The molecule has 2 aromatic heterocycles. The molecule has 0 spiro atoms. The first-order valence-electron chi connectivity index (χ1n) is 5.67. The van der Waals surface area contributed by atoms with Crippen LogP contribution >= 0.6 is 0 Å². The normalized spacial score (nSPS) is 11.9. The van der Waals surface area contributed by atoms with Gasteiger partial charge in [-0.15, -0.1) is 0 Å². The van der Waals surface area contributed by atoms with Crippen LogP contribution in [-0.2, 0) is 23.1 Å². The van der Waals surface area contributed by atoms with Gasteiger partial charge in [-0.2, -0.15) is 4.31 Å². The monoisotopic (exact) mass is 281 g/mol. The van der Waals surface area contributed by atoms with Crippen LogP contribution in [-0.4, -0.2) is 24.8 Å². The van der Waals surface area contributed by atoms with E-state index in [9.17, 15) is 8.42 Å². The van der Waals surface area contributed by atoms with Gasteiger partial charge in [0.15, 0.2) is 0 Å². The summed E-state index contributed by atoms with van der Waals surface area (Å²) in [5, 5.41) is 0.